The van der Waals surface area contributed by atoms with Crippen molar-refractivity contribution < 1.29 is 27.5 Å². The number of carbonyl (C=O) groups excluding carboxylic acids is 2. The fraction of sp³-hybridized carbons (Fsp3) is 0.238. The number of likely N-dealkylation sites (N-methyl/N-ethyl adjacent to an activating group) is 1. The maximum atomic E-state index is 12.6. The van der Waals surface area contributed by atoms with E-state index in [0.717, 1.165) is 12.1 Å². The summed E-state index contributed by atoms with van der Waals surface area (Å²) >= 11 is 5.21. The van der Waals surface area contributed by atoms with Gasteiger partial charge in [0.05, 0.1) is 17.4 Å². The Labute approximate surface area is 190 Å². The highest BCUT2D eigenvalue weighted by molar-refractivity contribution is 7.71. The fourth-order valence-electron chi connectivity index (χ4n) is 3.04. The van der Waals surface area contributed by atoms with Gasteiger partial charge in [0, 0.05) is 25.7 Å². The maximum Gasteiger partial charge on any atom is 0.573 e. The molecule has 2 aromatic carbocycles. The SMILES string of the molecule is CN(CC(=O)Nc1ccc(OC(F)(F)F)cc1)C(=O)CCn1c(=S)[nH]c2ccccc2c1=O. The number of benzene rings is 2. The Kier molecular flexibility index (Phi) is 7.16. The minimum Gasteiger partial charge on any atom is -0.406 e. The molecular formula is C21H19F3N4O4S. The standard InChI is InChI=1S/C21H19F3N4O4S/c1-27(12-17(29)25-13-6-8-14(9-7-13)32-21(22,23)24)18(30)10-11-28-19(31)15-4-2-3-5-16(15)26-20(28)33/h2-9H,10-12H2,1H3,(H,25,29)(H,26,33). The van der Waals surface area contributed by atoms with Crippen molar-refractivity contribution >= 4 is 40.6 Å². The third kappa shape index (κ3) is 6.42. The number of halogens is 3. The van der Waals surface area contributed by atoms with E-state index in [1.807, 2.05) is 0 Å². The van der Waals surface area contributed by atoms with E-state index < -0.39 is 23.9 Å². The summed E-state index contributed by atoms with van der Waals surface area (Å²) in [5.74, 6) is -1.36. The molecule has 0 unspecified atom stereocenters. The van der Waals surface area contributed by atoms with Gasteiger partial charge in [0.2, 0.25) is 11.8 Å². The molecule has 0 saturated heterocycles. The smallest absolute Gasteiger partial charge is 0.406 e. The van der Waals surface area contributed by atoms with Gasteiger partial charge in [-0.3, -0.25) is 19.0 Å². The fourth-order valence-corrected chi connectivity index (χ4v) is 3.33. The second-order valence-corrected chi connectivity index (χ2v) is 7.44. The largest absolute Gasteiger partial charge is 0.573 e. The van der Waals surface area contributed by atoms with E-state index in [0.29, 0.717) is 10.9 Å². The van der Waals surface area contributed by atoms with Gasteiger partial charge in [0.15, 0.2) is 4.77 Å². The molecule has 8 nitrogen and oxygen atoms in total. The third-order valence-corrected chi connectivity index (χ3v) is 4.94. The van der Waals surface area contributed by atoms with Crippen LogP contribution in [0.4, 0.5) is 18.9 Å². The van der Waals surface area contributed by atoms with Gasteiger partial charge in [-0.2, -0.15) is 0 Å². The van der Waals surface area contributed by atoms with Crippen LogP contribution in [0.3, 0.4) is 0 Å². The molecule has 3 rings (SSSR count). The predicted octanol–water partition coefficient (Wildman–Crippen LogP) is 3.44. The molecule has 12 heteroatoms. The number of aromatic amines is 1. The average molecular weight is 480 g/mol. The monoisotopic (exact) mass is 480 g/mol. The van der Waals surface area contributed by atoms with Crippen LogP contribution < -0.4 is 15.6 Å². The quantitative estimate of drug-likeness (QED) is 0.505. The Bertz CT molecular complexity index is 1290. The number of hydrogen-bond donors (Lipinski definition) is 2. The summed E-state index contributed by atoms with van der Waals surface area (Å²) in [6, 6.07) is 11.5. The summed E-state index contributed by atoms with van der Waals surface area (Å²) in [4.78, 5) is 41.4. The van der Waals surface area contributed by atoms with Crippen LogP contribution in [0.5, 0.6) is 5.75 Å². The number of fused-ring (bicyclic) bond motifs is 1. The number of nitrogens with zero attached hydrogens (tertiary/aromatic N) is 2. The summed E-state index contributed by atoms with van der Waals surface area (Å²) in [5.41, 5.74) is 0.520. The van der Waals surface area contributed by atoms with E-state index in [4.69, 9.17) is 12.2 Å². The molecule has 1 heterocycles. The molecule has 33 heavy (non-hydrogen) atoms. The Morgan fingerprint density at radius 1 is 1.15 bits per heavy atom. The number of hydrogen-bond acceptors (Lipinski definition) is 5. The lowest BCUT2D eigenvalue weighted by atomic mass is 10.2. The molecule has 0 aliphatic rings. The molecule has 0 aliphatic heterocycles. The Morgan fingerprint density at radius 3 is 2.48 bits per heavy atom. The van der Waals surface area contributed by atoms with Gasteiger partial charge in [0.1, 0.15) is 5.75 Å². The molecule has 0 saturated carbocycles. The van der Waals surface area contributed by atoms with Crippen molar-refractivity contribution in [2.24, 2.45) is 0 Å². The zero-order valence-electron chi connectivity index (χ0n) is 17.3. The van der Waals surface area contributed by atoms with Gasteiger partial charge in [-0.05, 0) is 48.6 Å². The molecular weight excluding hydrogens is 461 g/mol. The number of amides is 2. The van der Waals surface area contributed by atoms with Crippen molar-refractivity contribution in [2.45, 2.75) is 19.3 Å². The number of rotatable bonds is 7. The van der Waals surface area contributed by atoms with Crippen molar-refractivity contribution in [1.82, 2.24) is 14.5 Å². The lowest BCUT2D eigenvalue weighted by Crippen LogP contribution is -2.36. The molecule has 0 aliphatic carbocycles. The first-order valence-electron chi connectivity index (χ1n) is 9.65. The molecule has 2 amide bonds. The first-order valence-corrected chi connectivity index (χ1v) is 10.1. The molecule has 2 N–H and O–H groups in total. The first kappa shape index (κ1) is 24.0. The second-order valence-electron chi connectivity index (χ2n) is 7.05. The summed E-state index contributed by atoms with van der Waals surface area (Å²) in [6.07, 6.45) is -4.88. The van der Waals surface area contributed by atoms with Crippen molar-refractivity contribution in [2.75, 3.05) is 18.9 Å². The number of aromatic nitrogens is 2. The summed E-state index contributed by atoms with van der Waals surface area (Å²) in [5, 5.41) is 2.93. The van der Waals surface area contributed by atoms with Gasteiger partial charge in [-0.1, -0.05) is 12.1 Å². The van der Waals surface area contributed by atoms with Crippen molar-refractivity contribution in [3.05, 3.63) is 63.7 Å². The van der Waals surface area contributed by atoms with Gasteiger partial charge in [0.25, 0.3) is 5.56 Å². The van der Waals surface area contributed by atoms with E-state index in [9.17, 15) is 27.6 Å². The van der Waals surface area contributed by atoms with Gasteiger partial charge in [-0.15, -0.1) is 13.2 Å². The van der Waals surface area contributed by atoms with Crippen LogP contribution >= 0.6 is 12.2 Å². The van der Waals surface area contributed by atoms with Crippen LogP contribution in [-0.2, 0) is 16.1 Å². The molecule has 0 radical (unpaired) electrons. The highest BCUT2D eigenvalue weighted by Crippen LogP contribution is 2.23. The third-order valence-electron chi connectivity index (χ3n) is 4.62. The van der Waals surface area contributed by atoms with Crippen LogP contribution in [-0.4, -0.2) is 46.2 Å². The summed E-state index contributed by atoms with van der Waals surface area (Å²) in [6.45, 7) is -0.260. The van der Waals surface area contributed by atoms with Crippen molar-refractivity contribution in [3.63, 3.8) is 0 Å². The average Bonchev–Trinajstić information content (AvgIpc) is 2.73. The van der Waals surface area contributed by atoms with E-state index in [-0.39, 0.29) is 35.5 Å². The number of anilines is 1. The van der Waals surface area contributed by atoms with E-state index in [1.54, 1.807) is 24.3 Å². The predicted molar refractivity (Wildman–Crippen MR) is 117 cm³/mol. The van der Waals surface area contributed by atoms with Gasteiger partial charge < -0.3 is 19.9 Å². The van der Waals surface area contributed by atoms with Crippen LogP contribution in [0.2, 0.25) is 0 Å². The van der Waals surface area contributed by atoms with Crippen molar-refractivity contribution in [1.29, 1.82) is 0 Å². The number of nitrogens with one attached hydrogen (secondary N) is 2. The Hall–Kier alpha value is -3.67. The number of ether oxygens (including phenoxy) is 1. The number of H-pyrrole nitrogens is 1. The highest BCUT2D eigenvalue weighted by atomic mass is 32.1. The number of alkyl halides is 3. The van der Waals surface area contributed by atoms with Gasteiger partial charge in [-0.25, -0.2) is 0 Å². The first-order chi connectivity index (χ1) is 15.5. The van der Waals surface area contributed by atoms with Crippen LogP contribution in [0.15, 0.2) is 53.3 Å². The molecule has 0 spiro atoms. The van der Waals surface area contributed by atoms with Crippen LogP contribution in [0.1, 0.15) is 6.42 Å². The molecule has 174 valence electrons. The number of para-hydroxylation sites is 1. The molecule has 3 aromatic rings. The van der Waals surface area contributed by atoms with Crippen molar-refractivity contribution in [3.8, 4) is 5.75 Å². The topological polar surface area (TPSA) is 96.4 Å². The summed E-state index contributed by atoms with van der Waals surface area (Å²) in [7, 11) is 1.42. The maximum absolute atomic E-state index is 12.6. The van der Waals surface area contributed by atoms with Crippen LogP contribution in [0.25, 0.3) is 10.9 Å². The second kappa shape index (κ2) is 9.86. The number of carbonyl (C=O) groups is 2. The Balaban J connectivity index is 1.55. The van der Waals surface area contributed by atoms with E-state index >= 15 is 0 Å². The zero-order valence-corrected chi connectivity index (χ0v) is 18.1. The van der Waals surface area contributed by atoms with Gasteiger partial charge >= 0.3 is 6.36 Å². The molecule has 0 atom stereocenters. The zero-order chi connectivity index (χ0) is 24.2. The normalized spacial score (nSPS) is 11.3. The lowest BCUT2D eigenvalue weighted by Gasteiger charge is -2.17. The van der Waals surface area contributed by atoms with E-state index in [2.05, 4.69) is 15.0 Å². The molecule has 1 aromatic heterocycles. The highest BCUT2D eigenvalue weighted by Gasteiger charge is 2.31. The Morgan fingerprint density at radius 2 is 1.82 bits per heavy atom. The van der Waals surface area contributed by atoms with E-state index in [1.165, 1.54) is 28.6 Å². The molecule has 0 bridgehead atoms. The van der Waals surface area contributed by atoms with Crippen LogP contribution in [0, 0.1) is 4.77 Å². The summed E-state index contributed by atoms with van der Waals surface area (Å²) < 4.78 is 41.8. The lowest BCUT2D eigenvalue weighted by molar-refractivity contribution is -0.274. The minimum absolute atomic E-state index is 0.0322. The minimum atomic E-state index is -4.81. The molecule has 0 fully saturated rings.